The Bertz CT molecular complexity index is 534. The Morgan fingerprint density at radius 1 is 1.43 bits per heavy atom. The number of carbonyl (C=O) groups is 1. The van der Waals surface area contributed by atoms with Crippen molar-refractivity contribution in [3.8, 4) is 0 Å². The van der Waals surface area contributed by atoms with Crippen molar-refractivity contribution in [3.05, 3.63) is 16.1 Å². The molecule has 0 saturated heterocycles. The highest BCUT2D eigenvalue weighted by Crippen LogP contribution is 2.17. The summed E-state index contributed by atoms with van der Waals surface area (Å²) in [5.74, 6) is 0.709. The van der Waals surface area contributed by atoms with Crippen LogP contribution in [0.4, 0.5) is 0 Å². The summed E-state index contributed by atoms with van der Waals surface area (Å²) in [5, 5.41) is 7.80. The van der Waals surface area contributed by atoms with E-state index in [1.165, 1.54) is 30.6 Å². The van der Waals surface area contributed by atoms with E-state index in [4.69, 9.17) is 0 Å². The van der Waals surface area contributed by atoms with Gasteiger partial charge in [0.05, 0.1) is 6.54 Å². The summed E-state index contributed by atoms with van der Waals surface area (Å²) in [4.78, 5) is 23.4. The van der Waals surface area contributed by atoms with Crippen LogP contribution in [0.5, 0.6) is 0 Å². The Kier molecular flexibility index (Phi) is 6.83. The molecule has 0 unspecified atom stereocenters. The predicted octanol–water partition coefficient (Wildman–Crippen LogP) is 1.77. The minimum Gasteiger partial charge on any atom is -0.354 e. The van der Waals surface area contributed by atoms with Gasteiger partial charge in [-0.05, 0) is 19.3 Å². The molecule has 1 aromatic heterocycles. The summed E-state index contributed by atoms with van der Waals surface area (Å²) in [6, 6.07) is 0.457. The smallest absolute Gasteiger partial charge is 0.243 e. The number of likely N-dealkylation sites (N-methyl/N-ethyl adjacent to an activating group) is 1. The van der Waals surface area contributed by atoms with Gasteiger partial charge in [0.25, 0.3) is 0 Å². The monoisotopic (exact) mass is 337 g/mol. The second kappa shape index (κ2) is 8.86. The second-order valence-corrected chi connectivity index (χ2v) is 7.21. The van der Waals surface area contributed by atoms with Crippen molar-refractivity contribution in [1.82, 2.24) is 20.5 Å². The number of hydrogen-bond acceptors (Lipinski definition) is 4. The van der Waals surface area contributed by atoms with Crippen LogP contribution in [-0.2, 0) is 17.8 Å². The van der Waals surface area contributed by atoms with Crippen LogP contribution in [0.1, 0.15) is 42.5 Å². The van der Waals surface area contributed by atoms with E-state index in [2.05, 4.69) is 27.5 Å². The SMILES string of the molecule is CCc1cnc(CNC(=NCC(=O)N(C)C)NC2CCCC2)s1. The minimum absolute atomic E-state index is 0.0000368. The summed E-state index contributed by atoms with van der Waals surface area (Å²) in [6.07, 6.45) is 7.79. The number of aliphatic imine (C=N–C) groups is 1. The van der Waals surface area contributed by atoms with Crippen LogP contribution in [0.15, 0.2) is 11.2 Å². The zero-order valence-electron chi connectivity index (χ0n) is 14.3. The van der Waals surface area contributed by atoms with Gasteiger partial charge in [0.15, 0.2) is 5.96 Å². The van der Waals surface area contributed by atoms with Gasteiger partial charge in [0, 0.05) is 31.2 Å². The van der Waals surface area contributed by atoms with Crippen molar-refractivity contribution in [1.29, 1.82) is 0 Å². The van der Waals surface area contributed by atoms with Crippen molar-refractivity contribution < 1.29 is 4.79 Å². The molecule has 1 heterocycles. The molecule has 0 atom stereocenters. The van der Waals surface area contributed by atoms with Gasteiger partial charge in [-0.1, -0.05) is 19.8 Å². The molecule has 0 aromatic carbocycles. The molecule has 0 spiro atoms. The Labute approximate surface area is 142 Å². The first-order valence-corrected chi connectivity index (χ1v) is 9.08. The third-order valence-corrected chi connectivity index (χ3v) is 5.07. The van der Waals surface area contributed by atoms with Crippen LogP contribution >= 0.6 is 11.3 Å². The number of thiazole rings is 1. The van der Waals surface area contributed by atoms with E-state index in [9.17, 15) is 4.79 Å². The molecular weight excluding hydrogens is 310 g/mol. The number of nitrogens with one attached hydrogen (secondary N) is 2. The normalized spacial score (nSPS) is 15.7. The zero-order valence-corrected chi connectivity index (χ0v) is 15.1. The third-order valence-electron chi connectivity index (χ3n) is 3.92. The molecular formula is C16H27N5OS. The summed E-state index contributed by atoms with van der Waals surface area (Å²) >= 11 is 1.72. The summed E-state index contributed by atoms with van der Waals surface area (Å²) in [7, 11) is 3.49. The molecule has 7 heteroatoms. The molecule has 1 aliphatic carbocycles. The topological polar surface area (TPSA) is 69.6 Å². The number of aromatic nitrogens is 1. The predicted molar refractivity (Wildman–Crippen MR) is 94.7 cm³/mol. The lowest BCUT2D eigenvalue weighted by Crippen LogP contribution is -2.42. The fourth-order valence-electron chi connectivity index (χ4n) is 2.46. The molecule has 1 fully saturated rings. The van der Waals surface area contributed by atoms with E-state index in [1.807, 2.05) is 6.20 Å². The largest absolute Gasteiger partial charge is 0.354 e. The van der Waals surface area contributed by atoms with Crippen molar-refractivity contribution in [3.63, 3.8) is 0 Å². The summed E-state index contributed by atoms with van der Waals surface area (Å²) in [5.41, 5.74) is 0. The average molecular weight is 337 g/mol. The molecule has 6 nitrogen and oxygen atoms in total. The lowest BCUT2D eigenvalue weighted by molar-refractivity contribution is -0.127. The van der Waals surface area contributed by atoms with E-state index in [0.717, 1.165) is 11.4 Å². The Morgan fingerprint density at radius 3 is 2.78 bits per heavy atom. The maximum absolute atomic E-state index is 11.8. The van der Waals surface area contributed by atoms with E-state index in [1.54, 1.807) is 30.3 Å². The second-order valence-electron chi connectivity index (χ2n) is 6.01. The Hall–Kier alpha value is -1.63. The molecule has 1 aromatic rings. The van der Waals surface area contributed by atoms with Gasteiger partial charge in [-0.25, -0.2) is 9.98 Å². The fourth-order valence-corrected chi connectivity index (χ4v) is 3.26. The third kappa shape index (κ3) is 5.82. The number of guanidine groups is 1. The maximum atomic E-state index is 11.8. The summed E-state index contributed by atoms with van der Waals surface area (Å²) < 4.78 is 0. The van der Waals surface area contributed by atoms with Gasteiger partial charge >= 0.3 is 0 Å². The van der Waals surface area contributed by atoms with Crippen molar-refractivity contribution in [2.45, 2.75) is 51.6 Å². The average Bonchev–Trinajstić information content (AvgIpc) is 3.20. The standard InChI is InChI=1S/C16H27N5OS/c1-4-13-9-17-14(23-13)10-18-16(19-11-15(22)21(2)3)20-12-7-5-6-8-12/h9,12H,4-8,10-11H2,1-3H3,(H2,18,19,20). The Morgan fingerprint density at radius 2 is 2.17 bits per heavy atom. The highest BCUT2D eigenvalue weighted by molar-refractivity contribution is 7.11. The molecule has 2 N–H and O–H groups in total. The molecule has 23 heavy (non-hydrogen) atoms. The molecule has 128 valence electrons. The number of nitrogens with zero attached hydrogens (tertiary/aromatic N) is 3. The fraction of sp³-hybridized carbons (Fsp3) is 0.688. The molecule has 2 rings (SSSR count). The summed E-state index contributed by atoms with van der Waals surface area (Å²) in [6.45, 7) is 2.93. The number of aryl methyl sites for hydroxylation is 1. The molecule has 0 aliphatic heterocycles. The zero-order chi connectivity index (χ0) is 16.7. The highest BCUT2D eigenvalue weighted by Gasteiger charge is 2.16. The van der Waals surface area contributed by atoms with Crippen LogP contribution in [0, 0.1) is 0 Å². The number of carbonyl (C=O) groups excluding carboxylic acids is 1. The molecule has 1 aliphatic rings. The molecule has 0 radical (unpaired) electrons. The van der Waals surface area contributed by atoms with Gasteiger partial charge in [0.1, 0.15) is 11.6 Å². The van der Waals surface area contributed by atoms with Gasteiger partial charge in [-0.15, -0.1) is 11.3 Å². The van der Waals surface area contributed by atoms with Crippen LogP contribution in [-0.4, -0.2) is 48.4 Å². The van der Waals surface area contributed by atoms with Gasteiger partial charge in [0.2, 0.25) is 5.91 Å². The quantitative estimate of drug-likeness (QED) is 0.613. The molecule has 1 saturated carbocycles. The lowest BCUT2D eigenvalue weighted by atomic mass is 10.2. The first kappa shape index (κ1) is 17.7. The molecule has 0 bridgehead atoms. The van der Waals surface area contributed by atoms with Crippen LogP contribution in [0.25, 0.3) is 0 Å². The number of hydrogen-bond donors (Lipinski definition) is 2. The number of rotatable bonds is 6. The molecule has 1 amide bonds. The van der Waals surface area contributed by atoms with Crippen LogP contribution < -0.4 is 10.6 Å². The van der Waals surface area contributed by atoms with Crippen LogP contribution in [0.3, 0.4) is 0 Å². The van der Waals surface area contributed by atoms with Crippen LogP contribution in [0.2, 0.25) is 0 Å². The van der Waals surface area contributed by atoms with E-state index in [0.29, 0.717) is 18.5 Å². The van der Waals surface area contributed by atoms with Gasteiger partial charge in [-0.3, -0.25) is 4.79 Å². The van der Waals surface area contributed by atoms with Crippen molar-refractivity contribution in [2.24, 2.45) is 4.99 Å². The van der Waals surface area contributed by atoms with Crippen molar-refractivity contribution >= 4 is 23.2 Å². The van der Waals surface area contributed by atoms with E-state index >= 15 is 0 Å². The van der Waals surface area contributed by atoms with E-state index < -0.39 is 0 Å². The number of amides is 1. The Balaban J connectivity index is 1.93. The van der Waals surface area contributed by atoms with Gasteiger partial charge in [-0.2, -0.15) is 0 Å². The first-order chi connectivity index (χ1) is 11.1. The van der Waals surface area contributed by atoms with Gasteiger partial charge < -0.3 is 15.5 Å². The highest BCUT2D eigenvalue weighted by atomic mass is 32.1. The maximum Gasteiger partial charge on any atom is 0.243 e. The van der Waals surface area contributed by atoms with Crippen molar-refractivity contribution in [2.75, 3.05) is 20.6 Å². The lowest BCUT2D eigenvalue weighted by Gasteiger charge is -2.17. The van der Waals surface area contributed by atoms with E-state index in [-0.39, 0.29) is 12.5 Å². The first-order valence-electron chi connectivity index (χ1n) is 8.27. The minimum atomic E-state index is 0.0000368.